The first-order valence-electron chi connectivity index (χ1n) is 10.6. The van der Waals surface area contributed by atoms with E-state index >= 15 is 0 Å². The molecule has 1 atom stereocenters. The first-order chi connectivity index (χ1) is 14.0. The van der Waals surface area contributed by atoms with Crippen LogP contribution in [0.15, 0.2) is 54.6 Å². The largest absolute Gasteiger partial charge is 0.349 e. The van der Waals surface area contributed by atoms with Crippen LogP contribution in [0.4, 0.5) is 5.69 Å². The van der Waals surface area contributed by atoms with Crippen molar-refractivity contribution in [2.24, 2.45) is 5.92 Å². The molecule has 0 saturated heterocycles. The number of carbonyl (C=O) groups excluding carboxylic acids is 2. The van der Waals surface area contributed by atoms with E-state index in [0.29, 0.717) is 23.7 Å². The summed E-state index contributed by atoms with van der Waals surface area (Å²) in [6, 6.07) is 17.9. The Morgan fingerprint density at radius 1 is 1.00 bits per heavy atom. The van der Waals surface area contributed by atoms with Gasteiger partial charge in [-0.1, -0.05) is 69.2 Å². The van der Waals surface area contributed by atoms with Crippen LogP contribution >= 0.6 is 0 Å². The molecule has 0 aromatic heterocycles. The van der Waals surface area contributed by atoms with E-state index in [1.54, 1.807) is 12.1 Å². The normalized spacial score (nSPS) is 15.3. The SMILES string of the molecule is CC(C)[C@H]([NH2+]CC(=O)Nc1ccccc1C(=O)NC1CCCC1)c1ccccc1. The fraction of sp³-hybridized carbons (Fsp3) is 0.417. The summed E-state index contributed by atoms with van der Waals surface area (Å²) in [5, 5.41) is 8.09. The highest BCUT2D eigenvalue weighted by atomic mass is 16.2. The maximum Gasteiger partial charge on any atom is 0.279 e. The van der Waals surface area contributed by atoms with Gasteiger partial charge in [-0.2, -0.15) is 0 Å². The maximum atomic E-state index is 12.7. The first kappa shape index (κ1) is 21.1. The van der Waals surface area contributed by atoms with E-state index in [4.69, 9.17) is 0 Å². The van der Waals surface area contributed by atoms with Crippen molar-refractivity contribution in [1.82, 2.24) is 5.32 Å². The van der Waals surface area contributed by atoms with E-state index in [0.717, 1.165) is 25.7 Å². The molecular weight excluding hydrogens is 362 g/mol. The van der Waals surface area contributed by atoms with Crippen molar-refractivity contribution >= 4 is 17.5 Å². The van der Waals surface area contributed by atoms with Crippen molar-refractivity contribution in [2.75, 3.05) is 11.9 Å². The number of para-hydroxylation sites is 1. The summed E-state index contributed by atoms with van der Waals surface area (Å²) in [6.45, 7) is 4.62. The van der Waals surface area contributed by atoms with Crippen molar-refractivity contribution in [3.8, 4) is 0 Å². The summed E-state index contributed by atoms with van der Waals surface area (Å²) in [6.07, 6.45) is 4.39. The van der Waals surface area contributed by atoms with E-state index in [-0.39, 0.29) is 23.9 Å². The molecule has 2 aromatic rings. The zero-order chi connectivity index (χ0) is 20.6. The van der Waals surface area contributed by atoms with Crippen LogP contribution in [0, 0.1) is 5.92 Å². The monoisotopic (exact) mass is 394 g/mol. The number of amides is 2. The van der Waals surface area contributed by atoms with E-state index in [9.17, 15) is 9.59 Å². The molecule has 0 heterocycles. The molecule has 1 aliphatic rings. The minimum atomic E-state index is -0.110. The minimum Gasteiger partial charge on any atom is -0.349 e. The molecule has 4 N–H and O–H groups in total. The van der Waals surface area contributed by atoms with Gasteiger partial charge in [-0.25, -0.2) is 0 Å². The molecule has 5 nitrogen and oxygen atoms in total. The third kappa shape index (κ3) is 5.91. The Morgan fingerprint density at radius 2 is 1.66 bits per heavy atom. The molecule has 29 heavy (non-hydrogen) atoms. The second-order valence-corrected chi connectivity index (χ2v) is 8.17. The van der Waals surface area contributed by atoms with E-state index in [1.165, 1.54) is 5.56 Å². The Balaban J connectivity index is 1.61. The molecule has 5 heteroatoms. The van der Waals surface area contributed by atoms with Gasteiger partial charge < -0.3 is 16.0 Å². The lowest BCUT2D eigenvalue weighted by Gasteiger charge is -2.20. The summed E-state index contributed by atoms with van der Waals surface area (Å²) in [5.74, 6) is 0.184. The molecule has 1 fully saturated rings. The quantitative estimate of drug-likeness (QED) is 0.643. The number of hydrogen-bond donors (Lipinski definition) is 3. The molecule has 2 aromatic carbocycles. The smallest absolute Gasteiger partial charge is 0.279 e. The van der Waals surface area contributed by atoms with Crippen molar-refractivity contribution in [1.29, 1.82) is 0 Å². The number of rotatable bonds is 8. The number of hydrogen-bond acceptors (Lipinski definition) is 2. The van der Waals surface area contributed by atoms with Crippen LogP contribution in [-0.4, -0.2) is 24.4 Å². The Bertz CT molecular complexity index is 814. The fourth-order valence-electron chi connectivity index (χ4n) is 4.03. The van der Waals surface area contributed by atoms with Crippen molar-refractivity contribution in [3.63, 3.8) is 0 Å². The molecule has 1 aliphatic carbocycles. The van der Waals surface area contributed by atoms with Gasteiger partial charge in [0, 0.05) is 17.5 Å². The lowest BCUT2D eigenvalue weighted by Crippen LogP contribution is -2.88. The highest BCUT2D eigenvalue weighted by molar-refractivity contribution is 6.04. The molecule has 0 spiro atoms. The molecule has 1 saturated carbocycles. The molecule has 3 rings (SSSR count). The topological polar surface area (TPSA) is 74.8 Å². The van der Waals surface area contributed by atoms with E-state index < -0.39 is 0 Å². The fourth-order valence-corrected chi connectivity index (χ4v) is 4.03. The molecular formula is C24H32N3O2+. The zero-order valence-electron chi connectivity index (χ0n) is 17.4. The third-order valence-electron chi connectivity index (χ3n) is 5.60. The summed E-state index contributed by atoms with van der Waals surface area (Å²) in [5.41, 5.74) is 2.31. The number of benzene rings is 2. The van der Waals surface area contributed by atoms with E-state index in [2.05, 4.69) is 41.9 Å². The summed E-state index contributed by atoms with van der Waals surface area (Å²) < 4.78 is 0. The van der Waals surface area contributed by atoms with Gasteiger partial charge in [0.1, 0.15) is 6.04 Å². The molecule has 154 valence electrons. The second kappa shape index (κ2) is 10.2. The van der Waals surface area contributed by atoms with Crippen molar-refractivity contribution in [2.45, 2.75) is 51.6 Å². The van der Waals surface area contributed by atoms with Gasteiger partial charge in [-0.15, -0.1) is 0 Å². The lowest BCUT2D eigenvalue weighted by atomic mass is 9.96. The Kier molecular flexibility index (Phi) is 7.42. The molecule has 0 radical (unpaired) electrons. The van der Waals surface area contributed by atoms with Crippen LogP contribution in [-0.2, 0) is 4.79 Å². The van der Waals surface area contributed by atoms with Crippen LogP contribution in [0.2, 0.25) is 0 Å². The maximum absolute atomic E-state index is 12.7. The Hall–Kier alpha value is -2.66. The number of nitrogens with one attached hydrogen (secondary N) is 2. The lowest BCUT2D eigenvalue weighted by molar-refractivity contribution is -0.692. The van der Waals surface area contributed by atoms with Crippen LogP contribution in [0.3, 0.4) is 0 Å². The predicted molar refractivity (Wildman–Crippen MR) is 116 cm³/mol. The number of carbonyl (C=O) groups is 2. The number of quaternary nitrogens is 1. The highest BCUT2D eigenvalue weighted by Gasteiger charge is 2.22. The summed E-state index contributed by atoms with van der Waals surface area (Å²) in [4.78, 5) is 25.3. The van der Waals surface area contributed by atoms with Gasteiger partial charge in [0.25, 0.3) is 11.8 Å². The Labute approximate surface area is 173 Å². The molecule has 0 unspecified atom stereocenters. The van der Waals surface area contributed by atoms with Crippen molar-refractivity contribution in [3.05, 3.63) is 65.7 Å². The number of anilines is 1. The van der Waals surface area contributed by atoms with Crippen molar-refractivity contribution < 1.29 is 14.9 Å². The van der Waals surface area contributed by atoms with Gasteiger partial charge >= 0.3 is 0 Å². The predicted octanol–water partition coefficient (Wildman–Crippen LogP) is 3.26. The first-order valence-corrected chi connectivity index (χ1v) is 10.6. The van der Waals surface area contributed by atoms with Gasteiger partial charge in [-0.3, -0.25) is 9.59 Å². The highest BCUT2D eigenvalue weighted by Crippen LogP contribution is 2.20. The van der Waals surface area contributed by atoms with Crippen LogP contribution in [0.5, 0.6) is 0 Å². The van der Waals surface area contributed by atoms with Crippen LogP contribution < -0.4 is 16.0 Å². The molecule has 0 bridgehead atoms. The van der Waals surface area contributed by atoms with Crippen LogP contribution in [0.25, 0.3) is 0 Å². The number of nitrogens with two attached hydrogens (primary N) is 1. The average Bonchev–Trinajstić information content (AvgIpc) is 3.22. The van der Waals surface area contributed by atoms with Gasteiger partial charge in [0.05, 0.1) is 11.3 Å². The Morgan fingerprint density at radius 3 is 2.34 bits per heavy atom. The molecule has 0 aliphatic heterocycles. The summed E-state index contributed by atoms with van der Waals surface area (Å²) in [7, 11) is 0. The van der Waals surface area contributed by atoms with Gasteiger partial charge in [0.15, 0.2) is 6.54 Å². The standard InChI is InChI=1S/C24H31N3O2/c1-17(2)23(18-10-4-3-5-11-18)25-16-22(28)27-21-15-9-8-14-20(21)24(29)26-19-12-6-7-13-19/h3-5,8-11,14-15,17,19,23,25H,6-7,12-13,16H2,1-2H3,(H,26,29)(H,27,28)/p+1/t23-/m0/s1. The van der Waals surface area contributed by atoms with Gasteiger partial charge in [-0.05, 0) is 25.0 Å². The second-order valence-electron chi connectivity index (χ2n) is 8.17. The van der Waals surface area contributed by atoms with Gasteiger partial charge in [0.2, 0.25) is 0 Å². The molecule has 2 amide bonds. The van der Waals surface area contributed by atoms with Crippen LogP contribution in [0.1, 0.15) is 61.5 Å². The minimum absolute atomic E-state index is 0.104. The zero-order valence-corrected chi connectivity index (χ0v) is 17.4. The average molecular weight is 395 g/mol. The third-order valence-corrected chi connectivity index (χ3v) is 5.60. The van der Waals surface area contributed by atoms with E-state index in [1.807, 2.05) is 30.3 Å². The summed E-state index contributed by atoms with van der Waals surface area (Å²) >= 11 is 0.